The second kappa shape index (κ2) is 8.67. The maximum absolute atomic E-state index is 11.8. The van der Waals surface area contributed by atoms with E-state index >= 15 is 0 Å². The van der Waals surface area contributed by atoms with Crippen LogP contribution in [0, 0.1) is 5.92 Å². The molecule has 2 atom stereocenters. The minimum absolute atomic E-state index is 0.254. The Hall–Kier alpha value is -1.55. The van der Waals surface area contributed by atoms with Crippen molar-refractivity contribution in [2.24, 2.45) is 5.92 Å². The monoisotopic (exact) mass is 312 g/mol. The molecule has 0 radical (unpaired) electrons. The molecule has 0 aliphatic carbocycles. The van der Waals surface area contributed by atoms with E-state index in [1.165, 1.54) is 0 Å². The highest BCUT2D eigenvalue weighted by Crippen LogP contribution is 2.16. The molecule has 0 fully saturated rings. The van der Waals surface area contributed by atoms with Crippen molar-refractivity contribution in [3.63, 3.8) is 0 Å². The molecule has 0 amide bonds. The summed E-state index contributed by atoms with van der Waals surface area (Å²) in [6.45, 7) is 3.64. The lowest BCUT2D eigenvalue weighted by Crippen LogP contribution is -2.28. The number of carbonyl (C=O) groups is 2. The van der Waals surface area contributed by atoms with Crippen LogP contribution in [0.3, 0.4) is 0 Å². The number of benzene rings is 1. The van der Waals surface area contributed by atoms with E-state index in [0.717, 1.165) is 5.56 Å². The number of rotatable bonds is 8. The predicted molar refractivity (Wildman–Crippen MR) is 81.4 cm³/mol. The highest BCUT2D eigenvalue weighted by molar-refractivity contribution is 6.30. The summed E-state index contributed by atoms with van der Waals surface area (Å²) < 4.78 is 5.10. The van der Waals surface area contributed by atoms with Gasteiger partial charge in [-0.15, -0.1) is 0 Å². The van der Waals surface area contributed by atoms with E-state index in [2.05, 4.69) is 0 Å². The molecule has 0 saturated carbocycles. The fourth-order valence-corrected chi connectivity index (χ4v) is 1.99. The third-order valence-electron chi connectivity index (χ3n) is 3.35. The Morgan fingerprint density at radius 3 is 2.43 bits per heavy atom. The summed E-state index contributed by atoms with van der Waals surface area (Å²) in [6, 6.07) is 7.39. The van der Waals surface area contributed by atoms with Gasteiger partial charge in [-0.1, -0.05) is 30.7 Å². The fourth-order valence-electron chi connectivity index (χ4n) is 1.87. The van der Waals surface area contributed by atoms with E-state index in [4.69, 9.17) is 21.4 Å². The van der Waals surface area contributed by atoms with Crippen LogP contribution in [-0.2, 0) is 20.7 Å². The zero-order valence-corrected chi connectivity index (χ0v) is 13.1. The smallest absolute Gasteiger partial charge is 0.320 e. The lowest BCUT2D eigenvalue weighted by atomic mass is 9.99. The van der Waals surface area contributed by atoms with Gasteiger partial charge in [0.25, 0.3) is 0 Å². The molecule has 0 aromatic heterocycles. The summed E-state index contributed by atoms with van der Waals surface area (Å²) in [5.41, 5.74) is 1.07. The van der Waals surface area contributed by atoms with Crippen LogP contribution in [0.4, 0.5) is 0 Å². The summed E-state index contributed by atoms with van der Waals surface area (Å²) in [5, 5.41) is 9.81. The van der Waals surface area contributed by atoms with Crippen molar-refractivity contribution in [3.05, 3.63) is 34.9 Å². The second-order valence-corrected chi connectivity index (χ2v) is 5.50. The first kappa shape index (κ1) is 17.5. The van der Waals surface area contributed by atoms with Crippen molar-refractivity contribution in [1.82, 2.24) is 0 Å². The third kappa shape index (κ3) is 6.17. The van der Waals surface area contributed by atoms with Crippen LogP contribution in [0.2, 0.25) is 5.02 Å². The van der Waals surface area contributed by atoms with E-state index < -0.39 is 17.9 Å². The molecule has 0 bridgehead atoms. The largest absolute Gasteiger partial charge is 0.481 e. The molecule has 1 aromatic rings. The Morgan fingerprint density at radius 2 is 1.90 bits per heavy atom. The van der Waals surface area contributed by atoms with Crippen LogP contribution in [0.25, 0.3) is 0 Å². The van der Waals surface area contributed by atoms with E-state index in [1.807, 2.05) is 19.1 Å². The summed E-state index contributed by atoms with van der Waals surface area (Å²) in [5.74, 6) is -2.86. The summed E-state index contributed by atoms with van der Waals surface area (Å²) in [6.07, 6.45) is 2.00. The highest BCUT2D eigenvalue weighted by Gasteiger charge is 2.28. The lowest BCUT2D eigenvalue weighted by molar-refractivity contribution is -0.162. The van der Waals surface area contributed by atoms with Gasteiger partial charge in [-0.25, -0.2) is 0 Å². The van der Waals surface area contributed by atoms with Gasteiger partial charge in [-0.2, -0.15) is 0 Å². The molecule has 1 aromatic carbocycles. The van der Waals surface area contributed by atoms with Gasteiger partial charge in [-0.05, 0) is 50.3 Å². The zero-order valence-electron chi connectivity index (χ0n) is 12.3. The molecule has 0 aliphatic rings. The standard InChI is InChI=1S/C16H21ClO4/c1-3-11(2)21-16(20)14(15(18)19)6-4-5-12-7-9-13(17)10-8-12/h7-11,14H,3-6H2,1-2H3,(H,18,19). The molecule has 21 heavy (non-hydrogen) atoms. The van der Waals surface area contributed by atoms with E-state index in [9.17, 15) is 9.59 Å². The third-order valence-corrected chi connectivity index (χ3v) is 3.60. The fraction of sp³-hybridized carbons (Fsp3) is 0.500. The topological polar surface area (TPSA) is 63.6 Å². The number of carboxylic acid groups (broad SMARTS) is 1. The van der Waals surface area contributed by atoms with Crippen LogP contribution >= 0.6 is 11.6 Å². The molecule has 0 saturated heterocycles. The Morgan fingerprint density at radius 1 is 1.29 bits per heavy atom. The number of hydrogen-bond acceptors (Lipinski definition) is 3. The Bertz CT molecular complexity index is 470. The molecule has 116 valence electrons. The normalized spacial score (nSPS) is 13.5. The minimum atomic E-state index is -1.13. The van der Waals surface area contributed by atoms with Crippen molar-refractivity contribution >= 4 is 23.5 Å². The molecule has 0 heterocycles. The number of hydrogen-bond donors (Lipinski definition) is 1. The van der Waals surface area contributed by atoms with Crippen molar-refractivity contribution in [3.8, 4) is 0 Å². The average Bonchev–Trinajstić information content (AvgIpc) is 2.44. The van der Waals surface area contributed by atoms with Crippen molar-refractivity contribution in [2.75, 3.05) is 0 Å². The van der Waals surface area contributed by atoms with Gasteiger partial charge in [-0.3, -0.25) is 9.59 Å². The first-order chi connectivity index (χ1) is 9.93. The zero-order chi connectivity index (χ0) is 15.8. The summed E-state index contributed by atoms with van der Waals surface area (Å²) in [4.78, 5) is 23.0. The van der Waals surface area contributed by atoms with Crippen LogP contribution < -0.4 is 0 Å². The molecule has 1 N–H and O–H groups in total. The van der Waals surface area contributed by atoms with Gasteiger partial charge < -0.3 is 9.84 Å². The molecule has 1 rings (SSSR count). The van der Waals surface area contributed by atoms with Gasteiger partial charge in [0.05, 0.1) is 6.10 Å². The number of ether oxygens (including phenoxy) is 1. The number of carboxylic acids is 1. The first-order valence-corrected chi connectivity index (χ1v) is 7.49. The van der Waals surface area contributed by atoms with Gasteiger partial charge >= 0.3 is 11.9 Å². The average molecular weight is 313 g/mol. The Kier molecular flexibility index (Phi) is 7.23. The van der Waals surface area contributed by atoms with Crippen LogP contribution in [0.1, 0.15) is 38.7 Å². The molecule has 5 heteroatoms. The molecule has 0 spiro atoms. The molecule has 4 nitrogen and oxygen atoms in total. The molecule has 0 aliphatic heterocycles. The Labute approximate surface area is 130 Å². The Balaban J connectivity index is 2.49. The van der Waals surface area contributed by atoms with Crippen molar-refractivity contribution in [1.29, 1.82) is 0 Å². The van der Waals surface area contributed by atoms with Gasteiger partial charge in [0.15, 0.2) is 5.92 Å². The van der Waals surface area contributed by atoms with Crippen LogP contribution in [-0.4, -0.2) is 23.1 Å². The van der Waals surface area contributed by atoms with Crippen LogP contribution in [0.5, 0.6) is 0 Å². The SMILES string of the molecule is CCC(C)OC(=O)C(CCCc1ccc(Cl)cc1)C(=O)O. The number of aryl methyl sites for hydroxylation is 1. The van der Waals surface area contributed by atoms with E-state index in [0.29, 0.717) is 24.3 Å². The number of carbonyl (C=O) groups excluding carboxylic acids is 1. The van der Waals surface area contributed by atoms with Crippen molar-refractivity contribution in [2.45, 2.75) is 45.6 Å². The molecular weight excluding hydrogens is 292 g/mol. The highest BCUT2D eigenvalue weighted by atomic mass is 35.5. The van der Waals surface area contributed by atoms with Gasteiger partial charge in [0.1, 0.15) is 0 Å². The molecular formula is C16H21ClO4. The first-order valence-electron chi connectivity index (χ1n) is 7.11. The van der Waals surface area contributed by atoms with Gasteiger partial charge in [0.2, 0.25) is 0 Å². The van der Waals surface area contributed by atoms with E-state index in [1.54, 1.807) is 19.1 Å². The molecule has 2 unspecified atom stereocenters. The summed E-state index contributed by atoms with van der Waals surface area (Å²) >= 11 is 5.80. The quantitative estimate of drug-likeness (QED) is 0.587. The predicted octanol–water partition coefficient (Wildman–Crippen LogP) is 3.71. The summed E-state index contributed by atoms with van der Waals surface area (Å²) in [7, 11) is 0. The van der Waals surface area contributed by atoms with Crippen LogP contribution in [0.15, 0.2) is 24.3 Å². The minimum Gasteiger partial charge on any atom is -0.481 e. The number of esters is 1. The maximum atomic E-state index is 11.8. The number of aliphatic carboxylic acids is 1. The van der Waals surface area contributed by atoms with E-state index in [-0.39, 0.29) is 12.5 Å². The maximum Gasteiger partial charge on any atom is 0.320 e. The lowest BCUT2D eigenvalue weighted by Gasteiger charge is -2.15. The van der Waals surface area contributed by atoms with Crippen molar-refractivity contribution < 1.29 is 19.4 Å². The van der Waals surface area contributed by atoms with Gasteiger partial charge in [0, 0.05) is 5.02 Å². The number of halogens is 1. The second-order valence-electron chi connectivity index (χ2n) is 5.07.